The number of halogens is 1. The smallest absolute Gasteiger partial charge is 0.0175 e. The van der Waals surface area contributed by atoms with Crippen molar-refractivity contribution in [2.24, 2.45) is 11.3 Å². The molecular weight excluding hydrogens is 206 g/mol. The number of nitrogens with zero attached hydrogens (tertiary/aromatic N) is 1. The van der Waals surface area contributed by atoms with Gasteiger partial charge in [-0.05, 0) is 36.0 Å². The standard InChI is InChI=1S/C13H26ClN/c1-6-8-10-15(14)11-12(9-7-2)13(3,4)5/h7,12H,2,6,8-11H2,1,3-5H3. The summed E-state index contributed by atoms with van der Waals surface area (Å²) in [6, 6.07) is 0. The second-order valence-electron chi connectivity index (χ2n) is 5.31. The Morgan fingerprint density at radius 3 is 2.40 bits per heavy atom. The third kappa shape index (κ3) is 6.97. The number of allylic oxidation sites excluding steroid dienone is 1. The van der Waals surface area contributed by atoms with Crippen LogP contribution in [0, 0.1) is 11.3 Å². The lowest BCUT2D eigenvalue weighted by Crippen LogP contribution is -2.31. The van der Waals surface area contributed by atoms with E-state index in [0.717, 1.165) is 19.5 Å². The molecule has 0 spiro atoms. The van der Waals surface area contributed by atoms with Crippen LogP contribution >= 0.6 is 11.8 Å². The van der Waals surface area contributed by atoms with Crippen molar-refractivity contribution in [1.29, 1.82) is 0 Å². The number of hydrogen-bond donors (Lipinski definition) is 0. The van der Waals surface area contributed by atoms with Gasteiger partial charge in [-0.1, -0.05) is 40.2 Å². The zero-order valence-electron chi connectivity index (χ0n) is 10.7. The highest BCUT2D eigenvalue weighted by Gasteiger charge is 2.24. The van der Waals surface area contributed by atoms with Crippen molar-refractivity contribution in [2.45, 2.75) is 47.0 Å². The number of unbranched alkanes of at least 4 members (excludes halogenated alkanes) is 1. The molecule has 15 heavy (non-hydrogen) atoms. The summed E-state index contributed by atoms with van der Waals surface area (Å²) in [5.41, 5.74) is 0.299. The van der Waals surface area contributed by atoms with Crippen molar-refractivity contribution >= 4 is 11.8 Å². The molecule has 0 radical (unpaired) electrons. The summed E-state index contributed by atoms with van der Waals surface area (Å²) in [6.07, 6.45) is 5.42. The molecule has 0 bridgehead atoms. The maximum atomic E-state index is 6.20. The Morgan fingerprint density at radius 2 is 2.00 bits per heavy atom. The molecule has 90 valence electrons. The minimum atomic E-state index is 0.299. The summed E-state index contributed by atoms with van der Waals surface area (Å²) >= 11 is 6.20. The maximum Gasteiger partial charge on any atom is 0.0175 e. The summed E-state index contributed by atoms with van der Waals surface area (Å²) in [4.78, 5) is 0. The summed E-state index contributed by atoms with van der Waals surface area (Å²) < 4.78 is 1.93. The lowest BCUT2D eigenvalue weighted by molar-refractivity contribution is 0.200. The van der Waals surface area contributed by atoms with Gasteiger partial charge < -0.3 is 0 Å². The van der Waals surface area contributed by atoms with Crippen molar-refractivity contribution < 1.29 is 0 Å². The number of rotatable bonds is 7. The van der Waals surface area contributed by atoms with Crippen LogP contribution in [0.15, 0.2) is 12.7 Å². The van der Waals surface area contributed by atoms with E-state index >= 15 is 0 Å². The molecule has 0 saturated carbocycles. The molecule has 0 aliphatic carbocycles. The molecular formula is C13H26ClN. The van der Waals surface area contributed by atoms with Crippen LogP contribution in [-0.2, 0) is 0 Å². The van der Waals surface area contributed by atoms with Crippen molar-refractivity contribution in [2.75, 3.05) is 13.1 Å². The van der Waals surface area contributed by atoms with Crippen LogP contribution in [0.3, 0.4) is 0 Å². The molecule has 0 rings (SSSR count). The van der Waals surface area contributed by atoms with Gasteiger partial charge >= 0.3 is 0 Å². The first-order valence-corrected chi connectivity index (χ1v) is 6.27. The molecule has 0 N–H and O–H groups in total. The highest BCUT2D eigenvalue weighted by atomic mass is 35.5. The molecule has 0 aromatic rings. The Bertz CT molecular complexity index is 172. The van der Waals surface area contributed by atoms with Crippen LogP contribution in [0.2, 0.25) is 0 Å². The van der Waals surface area contributed by atoms with Crippen LogP contribution < -0.4 is 0 Å². The van der Waals surface area contributed by atoms with Gasteiger partial charge in [-0.25, -0.2) is 4.42 Å². The Hall–Kier alpha value is -0.0100. The zero-order chi connectivity index (χ0) is 11.9. The summed E-state index contributed by atoms with van der Waals surface area (Å²) in [5.74, 6) is 0.587. The fourth-order valence-electron chi connectivity index (χ4n) is 1.56. The quantitative estimate of drug-likeness (QED) is 0.461. The predicted molar refractivity (Wildman–Crippen MR) is 70.1 cm³/mol. The van der Waals surface area contributed by atoms with E-state index in [9.17, 15) is 0 Å². The highest BCUT2D eigenvalue weighted by molar-refractivity contribution is 6.13. The number of hydrogen-bond acceptors (Lipinski definition) is 1. The van der Waals surface area contributed by atoms with Gasteiger partial charge in [0.1, 0.15) is 0 Å². The van der Waals surface area contributed by atoms with E-state index in [-0.39, 0.29) is 0 Å². The first-order valence-electron chi connectivity index (χ1n) is 5.93. The SMILES string of the molecule is C=CCC(CN(Cl)CCCC)C(C)(C)C. The normalized spacial score (nSPS) is 14.3. The van der Waals surface area contributed by atoms with E-state index in [1.165, 1.54) is 12.8 Å². The molecule has 0 amide bonds. The third-order valence-electron chi connectivity index (χ3n) is 2.85. The van der Waals surface area contributed by atoms with E-state index in [4.69, 9.17) is 11.8 Å². The molecule has 0 saturated heterocycles. The molecule has 1 nitrogen and oxygen atoms in total. The average molecular weight is 232 g/mol. The molecule has 0 aliphatic rings. The molecule has 0 fully saturated rings. The van der Waals surface area contributed by atoms with E-state index in [2.05, 4.69) is 34.3 Å². The molecule has 1 unspecified atom stereocenters. The van der Waals surface area contributed by atoms with Crippen LogP contribution in [0.4, 0.5) is 0 Å². The van der Waals surface area contributed by atoms with Crippen molar-refractivity contribution in [3.8, 4) is 0 Å². The topological polar surface area (TPSA) is 3.24 Å². The van der Waals surface area contributed by atoms with E-state index in [0.29, 0.717) is 11.3 Å². The summed E-state index contributed by atoms with van der Waals surface area (Å²) in [6.45, 7) is 14.8. The van der Waals surface area contributed by atoms with Gasteiger partial charge in [0.25, 0.3) is 0 Å². The van der Waals surface area contributed by atoms with Crippen LogP contribution in [-0.4, -0.2) is 17.5 Å². The van der Waals surface area contributed by atoms with Gasteiger partial charge in [0.05, 0.1) is 0 Å². The van der Waals surface area contributed by atoms with Crippen molar-refractivity contribution in [1.82, 2.24) is 4.42 Å². The Morgan fingerprint density at radius 1 is 1.40 bits per heavy atom. The Labute approximate surface area is 101 Å². The average Bonchev–Trinajstić information content (AvgIpc) is 2.12. The van der Waals surface area contributed by atoms with Gasteiger partial charge in [-0.15, -0.1) is 6.58 Å². The maximum absolute atomic E-state index is 6.20. The van der Waals surface area contributed by atoms with Crippen molar-refractivity contribution in [3.63, 3.8) is 0 Å². The van der Waals surface area contributed by atoms with E-state index in [1.807, 2.05) is 10.5 Å². The predicted octanol–water partition coefficient (Wildman–Crippen LogP) is 4.48. The fourth-order valence-corrected chi connectivity index (χ4v) is 1.85. The summed E-state index contributed by atoms with van der Waals surface area (Å²) in [5, 5.41) is 0. The molecule has 1 atom stereocenters. The Kier molecular flexibility index (Phi) is 7.29. The van der Waals surface area contributed by atoms with Crippen LogP contribution in [0.1, 0.15) is 47.0 Å². The minimum Gasteiger partial charge on any atom is -0.220 e. The second kappa shape index (κ2) is 7.29. The van der Waals surface area contributed by atoms with Gasteiger partial charge in [-0.3, -0.25) is 0 Å². The molecule has 2 heteroatoms. The second-order valence-corrected chi connectivity index (χ2v) is 5.79. The van der Waals surface area contributed by atoms with Gasteiger partial charge in [0, 0.05) is 13.1 Å². The molecule has 0 aromatic carbocycles. The molecule has 0 heterocycles. The monoisotopic (exact) mass is 231 g/mol. The van der Waals surface area contributed by atoms with Crippen molar-refractivity contribution in [3.05, 3.63) is 12.7 Å². The third-order valence-corrected chi connectivity index (χ3v) is 3.16. The molecule has 0 aromatic heterocycles. The van der Waals surface area contributed by atoms with Crippen LogP contribution in [0.25, 0.3) is 0 Å². The zero-order valence-corrected chi connectivity index (χ0v) is 11.5. The lowest BCUT2D eigenvalue weighted by atomic mass is 9.78. The van der Waals surface area contributed by atoms with E-state index in [1.54, 1.807) is 0 Å². The van der Waals surface area contributed by atoms with E-state index < -0.39 is 0 Å². The fraction of sp³-hybridized carbons (Fsp3) is 0.846. The Balaban J connectivity index is 4.10. The highest BCUT2D eigenvalue weighted by Crippen LogP contribution is 2.30. The summed E-state index contributed by atoms with van der Waals surface area (Å²) in [7, 11) is 0. The van der Waals surface area contributed by atoms with Gasteiger partial charge in [-0.2, -0.15) is 0 Å². The lowest BCUT2D eigenvalue weighted by Gasteiger charge is -2.32. The minimum absolute atomic E-state index is 0.299. The molecule has 0 aliphatic heterocycles. The first-order chi connectivity index (χ1) is 6.91. The van der Waals surface area contributed by atoms with Gasteiger partial charge in [0.2, 0.25) is 0 Å². The van der Waals surface area contributed by atoms with Crippen LogP contribution in [0.5, 0.6) is 0 Å². The van der Waals surface area contributed by atoms with Gasteiger partial charge in [0.15, 0.2) is 0 Å². The largest absolute Gasteiger partial charge is 0.220 e. The first kappa shape index (κ1) is 15.0.